The van der Waals surface area contributed by atoms with E-state index in [2.05, 4.69) is 4.99 Å². The number of aliphatic imine (C=N–C) groups is 1. The SMILES string of the molecule is CCN1C(=O)/C(=C/c2ccccc2OCc2cccc(F)c2)SC1=Nc1cccc(C(=O)O)c1. The molecule has 1 aliphatic heterocycles. The second-order valence-corrected chi connectivity index (χ2v) is 8.38. The topological polar surface area (TPSA) is 79.2 Å². The number of aromatic carboxylic acids is 1. The summed E-state index contributed by atoms with van der Waals surface area (Å²) in [5.41, 5.74) is 1.98. The molecule has 1 heterocycles. The van der Waals surface area contributed by atoms with E-state index < -0.39 is 5.97 Å². The number of carboxylic acids is 1. The Morgan fingerprint density at radius 1 is 1.12 bits per heavy atom. The van der Waals surface area contributed by atoms with E-state index >= 15 is 0 Å². The summed E-state index contributed by atoms with van der Waals surface area (Å²) in [6.45, 7) is 2.45. The van der Waals surface area contributed by atoms with Gasteiger partial charge in [0.2, 0.25) is 0 Å². The predicted molar refractivity (Wildman–Crippen MR) is 131 cm³/mol. The maximum Gasteiger partial charge on any atom is 0.335 e. The van der Waals surface area contributed by atoms with Crippen LogP contribution in [0.1, 0.15) is 28.4 Å². The number of likely N-dealkylation sites (N-methyl/N-ethyl adjacent to an activating group) is 1. The summed E-state index contributed by atoms with van der Waals surface area (Å²) in [6.07, 6.45) is 1.74. The standard InChI is InChI=1S/C26H21FN2O4S/c1-2-29-24(30)23(34-26(29)28-21-11-6-9-19(14-21)25(31)32)15-18-8-3-4-12-22(18)33-16-17-7-5-10-20(27)13-17/h3-15H,2,16H2,1H3,(H,31,32)/b23-15-,28-26?. The summed E-state index contributed by atoms with van der Waals surface area (Å²) in [5.74, 6) is -0.999. The normalized spacial score (nSPS) is 15.8. The average Bonchev–Trinajstić information content (AvgIpc) is 3.12. The molecule has 0 unspecified atom stereocenters. The molecule has 1 fully saturated rings. The highest BCUT2D eigenvalue weighted by molar-refractivity contribution is 8.18. The molecule has 0 atom stereocenters. The number of amides is 1. The van der Waals surface area contributed by atoms with Crippen LogP contribution in [0, 0.1) is 5.82 Å². The van der Waals surface area contributed by atoms with Gasteiger partial charge in [0, 0.05) is 12.1 Å². The fourth-order valence-electron chi connectivity index (χ4n) is 3.35. The molecule has 3 aromatic rings. The number of benzene rings is 3. The molecule has 172 valence electrons. The van der Waals surface area contributed by atoms with Gasteiger partial charge >= 0.3 is 5.97 Å². The average molecular weight is 477 g/mol. The van der Waals surface area contributed by atoms with Gasteiger partial charge in [-0.25, -0.2) is 14.2 Å². The van der Waals surface area contributed by atoms with Crippen molar-refractivity contribution in [1.82, 2.24) is 4.90 Å². The predicted octanol–water partition coefficient (Wildman–Crippen LogP) is 5.73. The van der Waals surface area contributed by atoms with Gasteiger partial charge in [0.1, 0.15) is 18.2 Å². The van der Waals surface area contributed by atoms with Gasteiger partial charge in [-0.05, 0) is 66.7 Å². The van der Waals surface area contributed by atoms with Crippen molar-refractivity contribution < 1.29 is 23.8 Å². The first-order valence-electron chi connectivity index (χ1n) is 10.5. The third kappa shape index (κ3) is 5.35. The number of para-hydroxylation sites is 1. The monoisotopic (exact) mass is 476 g/mol. The van der Waals surface area contributed by atoms with Crippen molar-refractivity contribution in [2.24, 2.45) is 4.99 Å². The quantitative estimate of drug-likeness (QED) is 0.441. The molecule has 4 rings (SSSR count). The first kappa shape index (κ1) is 23.3. The van der Waals surface area contributed by atoms with Crippen molar-refractivity contribution in [2.75, 3.05) is 6.54 Å². The lowest BCUT2D eigenvalue weighted by molar-refractivity contribution is -0.122. The third-order valence-corrected chi connectivity index (χ3v) is 6.02. The third-order valence-electron chi connectivity index (χ3n) is 5.01. The minimum Gasteiger partial charge on any atom is -0.488 e. The van der Waals surface area contributed by atoms with E-state index in [0.29, 0.717) is 39.2 Å². The lowest BCUT2D eigenvalue weighted by Crippen LogP contribution is -2.28. The van der Waals surface area contributed by atoms with Crippen LogP contribution in [0.2, 0.25) is 0 Å². The van der Waals surface area contributed by atoms with Crippen LogP contribution in [-0.4, -0.2) is 33.6 Å². The van der Waals surface area contributed by atoms with Crippen LogP contribution in [0.4, 0.5) is 10.1 Å². The number of hydrogen-bond donors (Lipinski definition) is 1. The highest BCUT2D eigenvalue weighted by Crippen LogP contribution is 2.35. The zero-order valence-corrected chi connectivity index (χ0v) is 19.1. The lowest BCUT2D eigenvalue weighted by atomic mass is 10.1. The van der Waals surface area contributed by atoms with Crippen LogP contribution in [-0.2, 0) is 11.4 Å². The zero-order chi connectivity index (χ0) is 24.1. The Bertz CT molecular complexity index is 1310. The molecule has 1 saturated heterocycles. The molecule has 34 heavy (non-hydrogen) atoms. The summed E-state index contributed by atoms with van der Waals surface area (Å²) >= 11 is 1.22. The van der Waals surface area contributed by atoms with Gasteiger partial charge in [0.25, 0.3) is 5.91 Å². The summed E-state index contributed by atoms with van der Waals surface area (Å²) < 4.78 is 19.4. The number of rotatable bonds is 7. The molecular weight excluding hydrogens is 455 g/mol. The summed E-state index contributed by atoms with van der Waals surface area (Å²) in [4.78, 5) is 30.8. The fraction of sp³-hybridized carbons (Fsp3) is 0.115. The number of carbonyl (C=O) groups is 2. The van der Waals surface area contributed by atoms with Crippen LogP contribution in [0.15, 0.2) is 82.7 Å². The second kappa shape index (κ2) is 10.4. The maximum absolute atomic E-state index is 13.5. The summed E-state index contributed by atoms with van der Waals surface area (Å²) in [6, 6.07) is 19.8. The Labute approximate surface area is 200 Å². The largest absolute Gasteiger partial charge is 0.488 e. The van der Waals surface area contributed by atoms with E-state index in [1.165, 1.54) is 36.0 Å². The van der Waals surface area contributed by atoms with E-state index in [4.69, 9.17) is 4.74 Å². The molecule has 0 spiro atoms. The fourth-order valence-corrected chi connectivity index (χ4v) is 4.40. The van der Waals surface area contributed by atoms with E-state index in [-0.39, 0.29) is 23.9 Å². The van der Waals surface area contributed by atoms with Gasteiger partial charge in [0.15, 0.2) is 5.17 Å². The van der Waals surface area contributed by atoms with Gasteiger partial charge in [-0.1, -0.05) is 36.4 Å². The highest BCUT2D eigenvalue weighted by atomic mass is 32.2. The molecule has 0 radical (unpaired) electrons. The number of hydrogen-bond acceptors (Lipinski definition) is 5. The van der Waals surface area contributed by atoms with Gasteiger partial charge in [-0.2, -0.15) is 0 Å². The molecule has 3 aromatic carbocycles. The summed E-state index contributed by atoms with van der Waals surface area (Å²) in [5, 5.41) is 9.69. The van der Waals surface area contributed by atoms with E-state index in [1.54, 1.807) is 41.3 Å². The number of thioether (sulfide) groups is 1. The Morgan fingerprint density at radius 3 is 2.68 bits per heavy atom. The smallest absolute Gasteiger partial charge is 0.335 e. The first-order chi connectivity index (χ1) is 16.4. The Balaban J connectivity index is 1.59. The molecule has 1 N–H and O–H groups in total. The number of ether oxygens (including phenoxy) is 1. The van der Waals surface area contributed by atoms with Crippen molar-refractivity contribution in [3.63, 3.8) is 0 Å². The molecule has 0 aliphatic carbocycles. The van der Waals surface area contributed by atoms with E-state index in [9.17, 15) is 19.1 Å². The van der Waals surface area contributed by atoms with Crippen molar-refractivity contribution in [2.45, 2.75) is 13.5 Å². The van der Waals surface area contributed by atoms with Gasteiger partial charge in [0.05, 0.1) is 16.2 Å². The molecule has 0 aromatic heterocycles. The second-order valence-electron chi connectivity index (χ2n) is 7.37. The van der Waals surface area contributed by atoms with Gasteiger partial charge in [-0.15, -0.1) is 0 Å². The highest BCUT2D eigenvalue weighted by Gasteiger charge is 2.32. The number of carboxylic acid groups (broad SMARTS) is 1. The Hall–Kier alpha value is -3.91. The van der Waals surface area contributed by atoms with Crippen LogP contribution < -0.4 is 4.74 Å². The van der Waals surface area contributed by atoms with Gasteiger partial charge < -0.3 is 9.84 Å². The maximum atomic E-state index is 13.5. The van der Waals surface area contributed by atoms with Gasteiger partial charge in [-0.3, -0.25) is 9.69 Å². The molecule has 1 amide bonds. The van der Waals surface area contributed by atoms with Crippen LogP contribution in [0.5, 0.6) is 5.75 Å². The van der Waals surface area contributed by atoms with E-state index in [0.717, 1.165) is 0 Å². The van der Waals surface area contributed by atoms with Crippen LogP contribution in [0.25, 0.3) is 6.08 Å². The number of halogens is 1. The molecule has 6 nitrogen and oxygen atoms in total. The molecule has 8 heteroatoms. The van der Waals surface area contributed by atoms with Crippen molar-refractivity contribution in [3.05, 3.63) is 100 Å². The van der Waals surface area contributed by atoms with E-state index in [1.807, 2.05) is 25.1 Å². The zero-order valence-electron chi connectivity index (χ0n) is 18.3. The Kier molecular flexibility index (Phi) is 7.08. The van der Waals surface area contributed by atoms with Crippen LogP contribution in [0.3, 0.4) is 0 Å². The molecule has 1 aliphatic rings. The molecule has 0 saturated carbocycles. The number of carbonyl (C=O) groups excluding carboxylic acids is 1. The van der Waals surface area contributed by atoms with Crippen LogP contribution >= 0.6 is 11.8 Å². The first-order valence-corrected chi connectivity index (χ1v) is 11.4. The number of amidine groups is 1. The Morgan fingerprint density at radius 2 is 1.91 bits per heavy atom. The van der Waals surface area contributed by atoms with Crippen molar-refractivity contribution >= 4 is 40.6 Å². The number of nitrogens with zero attached hydrogens (tertiary/aromatic N) is 2. The minimum absolute atomic E-state index is 0.124. The molecular formula is C26H21FN2O4S. The molecule has 0 bridgehead atoms. The van der Waals surface area contributed by atoms with Crippen molar-refractivity contribution in [3.8, 4) is 5.75 Å². The summed E-state index contributed by atoms with van der Waals surface area (Å²) in [7, 11) is 0. The minimum atomic E-state index is -1.04. The van der Waals surface area contributed by atoms with Crippen molar-refractivity contribution in [1.29, 1.82) is 0 Å². The lowest BCUT2D eigenvalue weighted by Gasteiger charge is -2.12.